The molecule has 0 radical (unpaired) electrons. The first-order valence-electron chi connectivity index (χ1n) is 8.63. The predicted molar refractivity (Wildman–Crippen MR) is 90.4 cm³/mol. The zero-order valence-corrected chi connectivity index (χ0v) is 14.4. The topological polar surface area (TPSA) is 86.8 Å². The van der Waals surface area contributed by atoms with Crippen LogP contribution in [0.1, 0.15) is 32.6 Å². The van der Waals surface area contributed by atoms with Gasteiger partial charge in [0.25, 0.3) is 0 Å². The van der Waals surface area contributed by atoms with Gasteiger partial charge in [-0.2, -0.15) is 0 Å². The Balaban J connectivity index is 1.70. The molecule has 1 aliphatic heterocycles. The Labute approximate surface area is 150 Å². The van der Waals surface area contributed by atoms with E-state index in [0.29, 0.717) is 11.3 Å². The smallest absolute Gasteiger partial charge is 0.324 e. The highest BCUT2D eigenvalue weighted by atomic mass is 19.1. The van der Waals surface area contributed by atoms with Crippen molar-refractivity contribution >= 4 is 29.4 Å². The van der Waals surface area contributed by atoms with E-state index in [9.17, 15) is 23.6 Å². The van der Waals surface area contributed by atoms with Crippen molar-refractivity contribution in [3.05, 3.63) is 30.1 Å². The van der Waals surface area contributed by atoms with E-state index in [2.05, 4.69) is 5.32 Å². The second kappa shape index (κ2) is 7.23. The Morgan fingerprint density at radius 1 is 1.19 bits per heavy atom. The van der Waals surface area contributed by atoms with Crippen molar-refractivity contribution in [3.63, 3.8) is 0 Å². The normalized spacial score (nSPS) is 23.5. The lowest BCUT2D eigenvalue weighted by Crippen LogP contribution is -2.46. The van der Waals surface area contributed by atoms with Crippen molar-refractivity contribution in [2.75, 3.05) is 11.9 Å². The SMILES string of the molecule is C[C@@H]1CCCC[C@H]1N1C(=O)C(=O)N(CC(=O)Nc2cccc(F)c2)C1=O. The Morgan fingerprint density at radius 3 is 2.62 bits per heavy atom. The van der Waals surface area contributed by atoms with E-state index in [1.165, 1.54) is 18.2 Å². The molecule has 1 N–H and O–H groups in total. The first-order valence-corrected chi connectivity index (χ1v) is 8.63. The number of anilines is 1. The fourth-order valence-electron chi connectivity index (χ4n) is 3.54. The molecule has 1 aromatic carbocycles. The van der Waals surface area contributed by atoms with Gasteiger partial charge in [-0.05, 0) is 37.0 Å². The highest BCUT2D eigenvalue weighted by molar-refractivity contribution is 6.45. The summed E-state index contributed by atoms with van der Waals surface area (Å²) >= 11 is 0. The van der Waals surface area contributed by atoms with Crippen LogP contribution in [0.3, 0.4) is 0 Å². The molecule has 8 heteroatoms. The van der Waals surface area contributed by atoms with Gasteiger partial charge in [0.05, 0.1) is 0 Å². The van der Waals surface area contributed by atoms with Crippen LogP contribution in [0.15, 0.2) is 24.3 Å². The maximum Gasteiger partial charge on any atom is 0.334 e. The summed E-state index contributed by atoms with van der Waals surface area (Å²) in [6, 6.07) is 4.18. The predicted octanol–water partition coefficient (Wildman–Crippen LogP) is 2.13. The molecule has 0 bridgehead atoms. The molecule has 2 fully saturated rings. The van der Waals surface area contributed by atoms with Crippen LogP contribution < -0.4 is 5.32 Å². The molecule has 2 atom stereocenters. The molecule has 1 saturated heterocycles. The van der Waals surface area contributed by atoms with Gasteiger partial charge in [0, 0.05) is 11.7 Å². The van der Waals surface area contributed by atoms with E-state index in [4.69, 9.17) is 0 Å². The molecule has 0 aromatic heterocycles. The van der Waals surface area contributed by atoms with Gasteiger partial charge in [-0.25, -0.2) is 14.1 Å². The molecular formula is C18H20FN3O4. The number of rotatable bonds is 4. The average Bonchev–Trinajstić information content (AvgIpc) is 2.79. The van der Waals surface area contributed by atoms with Crippen molar-refractivity contribution in [1.82, 2.24) is 9.80 Å². The number of amides is 5. The van der Waals surface area contributed by atoms with Crippen LogP contribution in [0.5, 0.6) is 0 Å². The number of urea groups is 1. The van der Waals surface area contributed by atoms with E-state index < -0.39 is 36.1 Å². The summed E-state index contributed by atoms with van der Waals surface area (Å²) in [6.45, 7) is 1.37. The minimum absolute atomic E-state index is 0.116. The van der Waals surface area contributed by atoms with Crippen LogP contribution in [0.25, 0.3) is 0 Å². The number of benzene rings is 1. The molecule has 3 rings (SSSR count). The second-order valence-corrected chi connectivity index (χ2v) is 6.74. The molecule has 0 unspecified atom stereocenters. The van der Waals surface area contributed by atoms with Crippen molar-refractivity contribution in [2.24, 2.45) is 5.92 Å². The molecule has 7 nitrogen and oxygen atoms in total. The van der Waals surface area contributed by atoms with E-state index in [1.54, 1.807) is 0 Å². The lowest BCUT2D eigenvalue weighted by molar-refractivity contribution is -0.145. The monoisotopic (exact) mass is 361 g/mol. The lowest BCUT2D eigenvalue weighted by atomic mass is 9.85. The van der Waals surface area contributed by atoms with Gasteiger partial charge in [0.2, 0.25) is 5.91 Å². The Bertz CT molecular complexity index is 767. The quantitative estimate of drug-likeness (QED) is 0.657. The number of imide groups is 2. The summed E-state index contributed by atoms with van der Waals surface area (Å²) < 4.78 is 13.2. The Hall–Kier alpha value is -2.77. The number of halogens is 1. The van der Waals surface area contributed by atoms with Crippen LogP contribution in [-0.4, -0.2) is 46.1 Å². The van der Waals surface area contributed by atoms with E-state index in [0.717, 1.165) is 30.2 Å². The highest BCUT2D eigenvalue weighted by Crippen LogP contribution is 2.31. The Morgan fingerprint density at radius 2 is 1.92 bits per heavy atom. The fraction of sp³-hybridized carbons (Fsp3) is 0.444. The number of carbonyl (C=O) groups is 4. The number of hydrogen-bond donors (Lipinski definition) is 1. The maximum atomic E-state index is 13.2. The zero-order valence-electron chi connectivity index (χ0n) is 14.4. The highest BCUT2D eigenvalue weighted by Gasteiger charge is 2.49. The number of carbonyl (C=O) groups excluding carboxylic acids is 4. The standard InChI is InChI=1S/C18H20FN3O4/c1-11-5-2-3-8-14(11)22-17(25)16(24)21(18(22)26)10-15(23)20-13-7-4-6-12(19)9-13/h4,6-7,9,11,14H,2-3,5,8,10H2,1H3,(H,20,23)/t11-,14-/m1/s1. The molecule has 0 spiro atoms. The third kappa shape index (κ3) is 3.44. The van der Waals surface area contributed by atoms with Crippen LogP contribution >= 0.6 is 0 Å². The van der Waals surface area contributed by atoms with Crippen LogP contribution in [0.4, 0.5) is 14.9 Å². The average molecular weight is 361 g/mol. The second-order valence-electron chi connectivity index (χ2n) is 6.74. The summed E-state index contributed by atoms with van der Waals surface area (Å²) in [7, 11) is 0. The molecule has 5 amide bonds. The number of hydrogen-bond acceptors (Lipinski definition) is 4. The summed E-state index contributed by atoms with van der Waals surface area (Å²) in [5.74, 6) is -2.97. The third-order valence-corrected chi connectivity index (χ3v) is 4.89. The summed E-state index contributed by atoms with van der Waals surface area (Å²) in [5, 5.41) is 2.41. The summed E-state index contributed by atoms with van der Waals surface area (Å²) in [6.07, 6.45) is 3.47. The minimum Gasteiger partial charge on any atom is -0.324 e. The van der Waals surface area contributed by atoms with Crippen LogP contribution in [0.2, 0.25) is 0 Å². The lowest BCUT2D eigenvalue weighted by Gasteiger charge is -2.34. The maximum absolute atomic E-state index is 13.2. The van der Waals surface area contributed by atoms with E-state index >= 15 is 0 Å². The van der Waals surface area contributed by atoms with Gasteiger partial charge in [0.1, 0.15) is 12.4 Å². The molecule has 2 aliphatic rings. The zero-order chi connectivity index (χ0) is 18.8. The molecule has 138 valence electrons. The van der Waals surface area contributed by atoms with Gasteiger partial charge in [-0.15, -0.1) is 0 Å². The van der Waals surface area contributed by atoms with E-state index in [1.807, 2.05) is 6.92 Å². The molecule has 1 aromatic rings. The number of nitrogens with one attached hydrogen (secondary N) is 1. The van der Waals surface area contributed by atoms with Gasteiger partial charge in [-0.1, -0.05) is 25.8 Å². The van der Waals surface area contributed by atoms with Crippen LogP contribution in [-0.2, 0) is 14.4 Å². The summed E-state index contributed by atoms with van der Waals surface area (Å²) in [5.41, 5.74) is 0.207. The van der Waals surface area contributed by atoms with E-state index in [-0.39, 0.29) is 17.6 Å². The van der Waals surface area contributed by atoms with Crippen molar-refractivity contribution in [3.8, 4) is 0 Å². The van der Waals surface area contributed by atoms with Gasteiger partial charge in [0.15, 0.2) is 0 Å². The molecular weight excluding hydrogens is 341 g/mol. The van der Waals surface area contributed by atoms with Gasteiger partial charge < -0.3 is 5.32 Å². The third-order valence-electron chi connectivity index (χ3n) is 4.89. The Kier molecular flexibility index (Phi) is 5.01. The van der Waals surface area contributed by atoms with Crippen molar-refractivity contribution < 1.29 is 23.6 Å². The summed E-state index contributed by atoms with van der Waals surface area (Å²) in [4.78, 5) is 50.8. The first kappa shape index (κ1) is 18.0. The van der Waals surface area contributed by atoms with Gasteiger partial charge in [-0.3, -0.25) is 19.3 Å². The molecule has 26 heavy (non-hydrogen) atoms. The molecule has 1 heterocycles. The fourth-order valence-corrected chi connectivity index (χ4v) is 3.54. The minimum atomic E-state index is -0.998. The van der Waals surface area contributed by atoms with Crippen molar-refractivity contribution in [1.29, 1.82) is 0 Å². The van der Waals surface area contributed by atoms with Gasteiger partial charge >= 0.3 is 17.8 Å². The first-order chi connectivity index (χ1) is 12.4. The van der Waals surface area contributed by atoms with Crippen molar-refractivity contribution in [2.45, 2.75) is 38.6 Å². The molecule has 1 saturated carbocycles. The van der Waals surface area contributed by atoms with Crippen LogP contribution in [0, 0.1) is 11.7 Å². The molecule has 1 aliphatic carbocycles. The number of nitrogens with zero attached hydrogens (tertiary/aromatic N) is 2. The largest absolute Gasteiger partial charge is 0.334 e.